The molecule has 0 spiro atoms. The number of nitrogens with zero attached hydrogens (tertiary/aromatic N) is 4. The van der Waals surface area contributed by atoms with Gasteiger partial charge in [0.15, 0.2) is 17.4 Å². The highest BCUT2D eigenvalue weighted by Crippen LogP contribution is 2.40. The molecule has 1 aliphatic heterocycles. The highest BCUT2D eigenvalue weighted by molar-refractivity contribution is 5.98. The zero-order valence-corrected chi connectivity index (χ0v) is 23.2. The lowest BCUT2D eigenvalue weighted by Gasteiger charge is -2.35. The maximum absolute atomic E-state index is 11.5. The third kappa shape index (κ3) is 5.83. The van der Waals surface area contributed by atoms with E-state index in [1.165, 1.54) is 5.69 Å². The van der Waals surface area contributed by atoms with Crippen LogP contribution >= 0.6 is 0 Å². The van der Waals surface area contributed by atoms with Gasteiger partial charge in [0.05, 0.1) is 20.3 Å². The number of rotatable bonds is 12. The van der Waals surface area contributed by atoms with Crippen molar-refractivity contribution in [2.24, 2.45) is 0 Å². The molecule has 0 saturated carbocycles. The van der Waals surface area contributed by atoms with E-state index in [9.17, 15) is 5.11 Å². The van der Waals surface area contributed by atoms with E-state index in [0.29, 0.717) is 17.4 Å². The number of aromatic hydroxyl groups is 1. The van der Waals surface area contributed by atoms with Crippen molar-refractivity contribution in [2.75, 3.05) is 71.5 Å². The molecule has 0 aliphatic carbocycles. The lowest BCUT2D eigenvalue weighted by molar-refractivity contribution is 0.271. The van der Waals surface area contributed by atoms with Crippen molar-refractivity contribution < 1.29 is 14.6 Å². The van der Waals surface area contributed by atoms with Crippen LogP contribution in [0.3, 0.4) is 0 Å². The van der Waals surface area contributed by atoms with Crippen LogP contribution in [-0.2, 0) is 0 Å². The fourth-order valence-electron chi connectivity index (χ4n) is 5.62. The van der Waals surface area contributed by atoms with Crippen LogP contribution in [0.2, 0.25) is 0 Å². The summed E-state index contributed by atoms with van der Waals surface area (Å²) in [6, 6.07) is 12.4. The summed E-state index contributed by atoms with van der Waals surface area (Å²) in [7, 11) is 3.33. The average Bonchev–Trinajstić information content (AvgIpc) is 3.29. The molecular weight excluding hydrogens is 464 g/mol. The van der Waals surface area contributed by atoms with E-state index in [2.05, 4.69) is 70.5 Å². The van der Waals surface area contributed by atoms with Crippen LogP contribution in [0.15, 0.2) is 42.6 Å². The van der Waals surface area contributed by atoms with Crippen LogP contribution in [0.4, 0.5) is 5.69 Å². The monoisotopic (exact) mass is 508 g/mol. The summed E-state index contributed by atoms with van der Waals surface area (Å²) in [5, 5.41) is 13.5. The number of likely N-dealkylation sites (N-methyl/N-ethyl adjacent to an activating group) is 1. The van der Waals surface area contributed by atoms with Crippen LogP contribution in [-0.4, -0.2) is 86.1 Å². The first kappa shape index (κ1) is 27.1. The third-order valence-corrected chi connectivity index (χ3v) is 7.97. The number of piperazine rings is 1. The van der Waals surface area contributed by atoms with Gasteiger partial charge in [0, 0.05) is 48.8 Å². The summed E-state index contributed by atoms with van der Waals surface area (Å²) < 4.78 is 13.2. The van der Waals surface area contributed by atoms with Gasteiger partial charge in [-0.15, -0.1) is 0 Å². The average molecular weight is 509 g/mol. The maximum atomic E-state index is 11.5. The second-order valence-electron chi connectivity index (χ2n) is 9.82. The van der Waals surface area contributed by atoms with Gasteiger partial charge in [-0.3, -0.25) is 0 Å². The van der Waals surface area contributed by atoms with E-state index < -0.39 is 0 Å². The molecule has 0 bridgehead atoms. The number of hydrogen-bond acceptors (Lipinski definition) is 6. The van der Waals surface area contributed by atoms with Crippen LogP contribution in [0, 0.1) is 0 Å². The molecule has 202 valence electrons. The van der Waals surface area contributed by atoms with Gasteiger partial charge in [-0.2, -0.15) is 0 Å². The van der Waals surface area contributed by atoms with E-state index >= 15 is 0 Å². The Hall–Kier alpha value is -2.90. The quantitative estimate of drug-likeness (QED) is 0.362. The minimum absolute atomic E-state index is 0.0208. The molecule has 0 amide bonds. The highest BCUT2D eigenvalue weighted by Gasteiger charge is 2.24. The molecule has 1 aromatic heterocycles. The Kier molecular flexibility index (Phi) is 9.22. The van der Waals surface area contributed by atoms with Crippen molar-refractivity contribution in [3.8, 4) is 17.4 Å². The Morgan fingerprint density at radius 1 is 0.919 bits per heavy atom. The first-order chi connectivity index (χ1) is 18.0. The fraction of sp³-hybridized carbons (Fsp3) is 0.533. The first-order valence-corrected chi connectivity index (χ1v) is 13.8. The molecule has 0 radical (unpaired) electrons. The molecular formula is C30H44N4O3. The zero-order chi connectivity index (χ0) is 26.4. The van der Waals surface area contributed by atoms with Gasteiger partial charge in [0.25, 0.3) is 0 Å². The summed E-state index contributed by atoms with van der Waals surface area (Å²) in [4.78, 5) is 7.40. The Labute approximate surface area is 222 Å². The predicted molar refractivity (Wildman–Crippen MR) is 153 cm³/mol. The van der Waals surface area contributed by atoms with E-state index in [0.717, 1.165) is 81.5 Å². The second kappa shape index (κ2) is 12.6. The third-order valence-electron chi connectivity index (χ3n) is 7.97. The number of aromatic nitrogens is 1. The smallest absolute Gasteiger partial charge is 0.199 e. The molecule has 3 aromatic rings. The number of fused-ring (bicyclic) bond motifs is 1. The van der Waals surface area contributed by atoms with Crippen molar-refractivity contribution in [2.45, 2.75) is 39.7 Å². The predicted octanol–water partition coefficient (Wildman–Crippen LogP) is 5.22. The van der Waals surface area contributed by atoms with Gasteiger partial charge in [-0.25, -0.2) is 0 Å². The van der Waals surface area contributed by atoms with Crippen molar-refractivity contribution in [1.29, 1.82) is 0 Å². The minimum Gasteiger partial charge on any atom is -0.494 e. The molecule has 1 N–H and O–H groups in total. The van der Waals surface area contributed by atoms with Crippen LogP contribution in [0.25, 0.3) is 10.8 Å². The molecule has 0 unspecified atom stereocenters. The first-order valence-electron chi connectivity index (χ1n) is 13.8. The summed E-state index contributed by atoms with van der Waals surface area (Å²) in [5.74, 6) is 1.75. The molecule has 2 aromatic carbocycles. The summed E-state index contributed by atoms with van der Waals surface area (Å²) >= 11 is 0. The maximum Gasteiger partial charge on any atom is 0.199 e. The number of hydrogen-bond donors (Lipinski definition) is 1. The molecule has 1 fully saturated rings. The minimum atomic E-state index is -0.0208. The van der Waals surface area contributed by atoms with Gasteiger partial charge in [-0.1, -0.05) is 32.9 Å². The zero-order valence-electron chi connectivity index (χ0n) is 23.2. The van der Waals surface area contributed by atoms with E-state index in [1.54, 1.807) is 14.2 Å². The van der Waals surface area contributed by atoms with E-state index in [4.69, 9.17) is 9.47 Å². The fourth-order valence-corrected chi connectivity index (χ4v) is 5.62. The van der Waals surface area contributed by atoms with Crippen molar-refractivity contribution in [1.82, 2.24) is 14.4 Å². The second-order valence-corrected chi connectivity index (χ2v) is 9.82. The molecule has 7 nitrogen and oxygen atoms in total. The number of anilines is 1. The summed E-state index contributed by atoms with van der Waals surface area (Å²) in [6.07, 6.45) is 4.09. The van der Waals surface area contributed by atoms with Gasteiger partial charge >= 0.3 is 0 Å². The lowest BCUT2D eigenvalue weighted by atomic mass is 10.0. The molecule has 1 saturated heterocycles. The van der Waals surface area contributed by atoms with Crippen molar-refractivity contribution in [3.63, 3.8) is 0 Å². The number of benzene rings is 2. The van der Waals surface area contributed by atoms with Crippen LogP contribution in [0.1, 0.15) is 45.2 Å². The van der Waals surface area contributed by atoms with Crippen LogP contribution in [0.5, 0.6) is 17.4 Å². The molecule has 1 aliphatic rings. The number of ether oxygens (including phenoxy) is 2. The summed E-state index contributed by atoms with van der Waals surface area (Å²) in [5.41, 5.74) is 2.31. The van der Waals surface area contributed by atoms with Crippen molar-refractivity contribution in [3.05, 3.63) is 48.2 Å². The Bertz CT molecular complexity index is 1150. The molecule has 7 heteroatoms. The van der Waals surface area contributed by atoms with Gasteiger partial charge < -0.3 is 33.8 Å². The topological polar surface area (TPSA) is 53.3 Å². The Morgan fingerprint density at radius 2 is 1.65 bits per heavy atom. The SMILES string of the molecule is CCN(CC)CCC[C@H](c1ccc(OC)c(OC)c1)n1cc2c(N3CCN(CC)CC3)cccc2c1O. The Balaban J connectivity index is 1.72. The van der Waals surface area contributed by atoms with E-state index in [-0.39, 0.29) is 6.04 Å². The van der Waals surface area contributed by atoms with Gasteiger partial charge in [0.1, 0.15) is 0 Å². The van der Waals surface area contributed by atoms with E-state index in [1.807, 2.05) is 12.1 Å². The van der Waals surface area contributed by atoms with Gasteiger partial charge in [0.2, 0.25) is 0 Å². The van der Waals surface area contributed by atoms with Gasteiger partial charge in [-0.05, 0) is 68.8 Å². The standard InChI is InChI=1S/C30H44N4O3/c1-6-31(7-2)16-10-13-26(23-14-15-28(36-4)29(21-23)37-5)34-22-25-24(30(34)35)11-9-12-27(25)33-19-17-32(8-3)18-20-33/h9,11-12,14-15,21-22,26,35H,6-8,10,13,16-20H2,1-5H3/t26-/m1/s1. The molecule has 1 atom stereocenters. The molecule has 2 heterocycles. The summed E-state index contributed by atoms with van der Waals surface area (Å²) in [6.45, 7) is 15.0. The lowest BCUT2D eigenvalue weighted by Crippen LogP contribution is -2.46. The largest absolute Gasteiger partial charge is 0.494 e. The normalized spacial score (nSPS) is 15.5. The van der Waals surface area contributed by atoms with Crippen LogP contribution < -0.4 is 14.4 Å². The molecule has 4 rings (SSSR count). The number of methoxy groups -OCH3 is 2. The Morgan fingerprint density at radius 3 is 2.30 bits per heavy atom. The molecule has 37 heavy (non-hydrogen) atoms. The van der Waals surface area contributed by atoms with Crippen molar-refractivity contribution >= 4 is 16.5 Å². The highest BCUT2D eigenvalue weighted by atomic mass is 16.5.